The molecule has 1 N–H and O–H groups in total. The molecule has 8 nitrogen and oxygen atoms in total. The molecule has 0 saturated carbocycles. The zero-order valence-electron chi connectivity index (χ0n) is 21.4. The second kappa shape index (κ2) is 10.8. The van der Waals surface area contributed by atoms with Gasteiger partial charge in [0.25, 0.3) is 11.7 Å². The molecule has 3 rings (SSSR count). The maximum absolute atomic E-state index is 13.2. The highest BCUT2D eigenvalue weighted by atomic mass is 16.5. The zero-order chi connectivity index (χ0) is 25.9. The number of aliphatic hydroxyl groups is 1. The quantitative estimate of drug-likeness (QED) is 0.331. The molecule has 0 aromatic heterocycles. The summed E-state index contributed by atoms with van der Waals surface area (Å²) in [6.07, 6.45) is -0.0567. The number of hydrogen-bond acceptors (Lipinski definition) is 7. The van der Waals surface area contributed by atoms with Crippen LogP contribution in [-0.2, 0) is 9.59 Å². The number of amides is 1. The van der Waals surface area contributed by atoms with Gasteiger partial charge in [0, 0.05) is 18.7 Å². The summed E-state index contributed by atoms with van der Waals surface area (Å²) in [7, 11) is 6.90. The molecule has 2 aromatic carbocycles. The Bertz CT molecular complexity index is 1140. The van der Waals surface area contributed by atoms with Crippen LogP contribution in [-0.4, -0.2) is 74.1 Å². The second-order valence-electron chi connectivity index (χ2n) is 9.06. The fourth-order valence-electron chi connectivity index (χ4n) is 4.15. The third kappa shape index (κ3) is 5.43. The third-order valence-corrected chi connectivity index (χ3v) is 5.86. The van der Waals surface area contributed by atoms with Gasteiger partial charge in [-0.25, -0.2) is 0 Å². The summed E-state index contributed by atoms with van der Waals surface area (Å²) in [5.74, 6) is 0.103. The molecule has 0 spiro atoms. The van der Waals surface area contributed by atoms with Crippen molar-refractivity contribution >= 4 is 17.4 Å². The van der Waals surface area contributed by atoms with Crippen LogP contribution >= 0.6 is 0 Å². The molecular formula is C27H34N2O6. The van der Waals surface area contributed by atoms with Crippen LogP contribution in [0, 0.1) is 6.92 Å². The van der Waals surface area contributed by atoms with Crippen molar-refractivity contribution in [3.05, 3.63) is 58.7 Å². The summed E-state index contributed by atoms with van der Waals surface area (Å²) in [6.45, 7) is 6.55. The van der Waals surface area contributed by atoms with Crippen LogP contribution in [0.3, 0.4) is 0 Å². The van der Waals surface area contributed by atoms with Gasteiger partial charge in [0.1, 0.15) is 11.5 Å². The van der Waals surface area contributed by atoms with E-state index in [1.54, 1.807) is 43.5 Å². The van der Waals surface area contributed by atoms with Crippen LogP contribution in [0.25, 0.3) is 5.76 Å². The van der Waals surface area contributed by atoms with Crippen molar-refractivity contribution in [2.45, 2.75) is 32.9 Å². The van der Waals surface area contributed by atoms with Gasteiger partial charge in [-0.3, -0.25) is 9.59 Å². The number of aryl methyl sites for hydroxylation is 1. The summed E-state index contributed by atoms with van der Waals surface area (Å²) in [4.78, 5) is 29.8. The molecule has 35 heavy (non-hydrogen) atoms. The number of likely N-dealkylation sites (N-methyl/N-ethyl adjacent to an activating group) is 1. The molecule has 2 aromatic rings. The minimum atomic E-state index is -0.778. The van der Waals surface area contributed by atoms with E-state index in [1.807, 2.05) is 39.8 Å². The molecule has 1 aliphatic rings. The Morgan fingerprint density at radius 2 is 1.69 bits per heavy atom. The molecule has 8 heteroatoms. The average molecular weight is 483 g/mol. The Hall–Kier alpha value is -3.52. The fraction of sp³-hybridized carbons (Fsp3) is 0.407. The van der Waals surface area contributed by atoms with E-state index in [4.69, 9.17) is 14.2 Å². The molecule has 0 bridgehead atoms. The van der Waals surface area contributed by atoms with Crippen LogP contribution in [0.4, 0.5) is 0 Å². The largest absolute Gasteiger partial charge is 0.507 e. The van der Waals surface area contributed by atoms with Crippen LogP contribution in [0.5, 0.6) is 17.2 Å². The Labute approximate surface area is 206 Å². The Morgan fingerprint density at radius 3 is 2.26 bits per heavy atom. The Balaban J connectivity index is 2.18. The first kappa shape index (κ1) is 26.1. The number of likely N-dealkylation sites (tertiary alicyclic amines) is 1. The first-order valence-electron chi connectivity index (χ1n) is 11.5. The van der Waals surface area contributed by atoms with Crippen LogP contribution < -0.4 is 14.2 Å². The molecule has 0 radical (unpaired) electrons. The first-order chi connectivity index (χ1) is 16.6. The normalized spacial score (nSPS) is 17.4. The Kier molecular flexibility index (Phi) is 8.07. The van der Waals surface area contributed by atoms with Gasteiger partial charge in [-0.05, 0) is 76.3 Å². The molecule has 1 atom stereocenters. The number of carbonyl (C=O) groups excluding carboxylic acids is 2. The lowest BCUT2D eigenvalue weighted by Crippen LogP contribution is -2.35. The van der Waals surface area contributed by atoms with E-state index in [2.05, 4.69) is 0 Å². The van der Waals surface area contributed by atoms with Gasteiger partial charge in [-0.1, -0.05) is 6.07 Å². The number of methoxy groups -OCH3 is 2. The predicted octanol–water partition coefficient (Wildman–Crippen LogP) is 3.78. The summed E-state index contributed by atoms with van der Waals surface area (Å²) >= 11 is 0. The molecule has 1 amide bonds. The highest BCUT2D eigenvalue weighted by molar-refractivity contribution is 6.46. The molecule has 1 saturated heterocycles. The number of aliphatic hydroxyl groups excluding tert-OH is 1. The van der Waals surface area contributed by atoms with E-state index in [0.717, 1.165) is 5.56 Å². The number of benzene rings is 2. The smallest absolute Gasteiger partial charge is 0.295 e. The highest BCUT2D eigenvalue weighted by Gasteiger charge is 2.46. The SMILES string of the molecule is COc1ccc(/C(O)=C2/C(=O)C(=O)N(CCN(C)C)C2c2ccc(OC(C)C)c(OC)c2)cc1C. The monoisotopic (exact) mass is 482 g/mol. The number of Topliss-reactive ketones (excluding diaryl/α,β-unsaturated/α-hetero) is 1. The van der Waals surface area contributed by atoms with Gasteiger partial charge < -0.3 is 29.1 Å². The van der Waals surface area contributed by atoms with Crippen LogP contribution in [0.15, 0.2) is 42.0 Å². The average Bonchev–Trinajstić information content (AvgIpc) is 3.06. The summed E-state index contributed by atoms with van der Waals surface area (Å²) < 4.78 is 16.7. The number of hydrogen-bond donors (Lipinski definition) is 1. The lowest BCUT2D eigenvalue weighted by Gasteiger charge is -2.27. The van der Waals surface area contributed by atoms with Gasteiger partial charge in [-0.15, -0.1) is 0 Å². The van der Waals surface area contributed by atoms with E-state index >= 15 is 0 Å². The van der Waals surface area contributed by atoms with E-state index in [1.165, 1.54) is 12.0 Å². The van der Waals surface area contributed by atoms with E-state index in [-0.39, 0.29) is 17.4 Å². The van der Waals surface area contributed by atoms with Crippen LogP contribution in [0.2, 0.25) is 0 Å². The number of ether oxygens (including phenoxy) is 3. The van der Waals surface area contributed by atoms with Crippen molar-refractivity contribution in [3.8, 4) is 17.2 Å². The second-order valence-corrected chi connectivity index (χ2v) is 9.06. The zero-order valence-corrected chi connectivity index (χ0v) is 21.4. The molecule has 1 heterocycles. The van der Waals surface area contributed by atoms with E-state index in [0.29, 0.717) is 41.5 Å². The van der Waals surface area contributed by atoms with Crippen molar-refractivity contribution in [3.63, 3.8) is 0 Å². The van der Waals surface area contributed by atoms with Crippen molar-refractivity contribution in [2.24, 2.45) is 0 Å². The molecular weight excluding hydrogens is 448 g/mol. The molecule has 1 fully saturated rings. The van der Waals surface area contributed by atoms with Crippen molar-refractivity contribution in [1.82, 2.24) is 9.80 Å². The van der Waals surface area contributed by atoms with Gasteiger partial charge in [0.15, 0.2) is 11.5 Å². The topological polar surface area (TPSA) is 88.5 Å². The van der Waals surface area contributed by atoms with Crippen molar-refractivity contribution < 1.29 is 28.9 Å². The maximum Gasteiger partial charge on any atom is 0.295 e. The number of rotatable bonds is 9. The number of nitrogens with zero attached hydrogens (tertiary/aromatic N) is 2. The Morgan fingerprint density at radius 1 is 1.03 bits per heavy atom. The first-order valence-corrected chi connectivity index (χ1v) is 11.5. The predicted molar refractivity (Wildman–Crippen MR) is 134 cm³/mol. The highest BCUT2D eigenvalue weighted by Crippen LogP contribution is 2.42. The molecule has 188 valence electrons. The summed E-state index contributed by atoms with van der Waals surface area (Å²) in [5.41, 5.74) is 1.91. The van der Waals surface area contributed by atoms with E-state index < -0.39 is 17.7 Å². The lowest BCUT2D eigenvalue weighted by atomic mass is 9.94. The van der Waals surface area contributed by atoms with Gasteiger partial charge in [0.2, 0.25) is 0 Å². The van der Waals surface area contributed by atoms with E-state index in [9.17, 15) is 14.7 Å². The fourth-order valence-corrected chi connectivity index (χ4v) is 4.15. The van der Waals surface area contributed by atoms with Crippen molar-refractivity contribution in [2.75, 3.05) is 41.4 Å². The maximum atomic E-state index is 13.2. The van der Waals surface area contributed by atoms with Gasteiger partial charge in [0.05, 0.1) is 31.9 Å². The number of carbonyl (C=O) groups is 2. The molecule has 1 aliphatic heterocycles. The third-order valence-electron chi connectivity index (χ3n) is 5.86. The minimum Gasteiger partial charge on any atom is -0.507 e. The van der Waals surface area contributed by atoms with Crippen LogP contribution in [0.1, 0.15) is 36.6 Å². The van der Waals surface area contributed by atoms with Gasteiger partial charge >= 0.3 is 0 Å². The lowest BCUT2D eigenvalue weighted by molar-refractivity contribution is -0.140. The molecule has 1 unspecified atom stereocenters. The number of ketones is 1. The van der Waals surface area contributed by atoms with Gasteiger partial charge in [-0.2, -0.15) is 0 Å². The minimum absolute atomic E-state index is 0.0397. The summed E-state index contributed by atoms with van der Waals surface area (Å²) in [6, 6.07) is 9.67. The van der Waals surface area contributed by atoms with Crippen molar-refractivity contribution in [1.29, 1.82) is 0 Å². The standard InChI is InChI=1S/C27H34N2O6/c1-16(2)35-21-11-8-18(15-22(21)34-7)24-23(26(31)27(32)29(24)13-12-28(4)5)25(30)19-9-10-20(33-6)17(3)14-19/h8-11,14-16,24,30H,12-13H2,1-7H3/b25-23-. The summed E-state index contributed by atoms with van der Waals surface area (Å²) in [5, 5.41) is 11.3. The molecule has 0 aliphatic carbocycles.